The molecule has 1 atom stereocenters. The first-order valence-corrected chi connectivity index (χ1v) is 11.6. The minimum Gasteiger partial charge on any atom is -0.480 e. The Balaban J connectivity index is 0.000000696. The van der Waals surface area contributed by atoms with Crippen LogP contribution >= 0.6 is 0 Å². The molecule has 0 fully saturated rings. The number of nitrogens with one attached hydrogen (secondary N) is 1. The molecule has 28 heavy (non-hydrogen) atoms. The lowest BCUT2D eigenvalue weighted by molar-refractivity contribution is -0.144. The maximum Gasteiger partial charge on any atom is 0.323 e. The Labute approximate surface area is 169 Å². The van der Waals surface area contributed by atoms with Crippen molar-refractivity contribution in [3.63, 3.8) is 0 Å². The third-order valence-corrected chi connectivity index (χ3v) is 4.94. The van der Waals surface area contributed by atoms with Crippen LogP contribution in [0, 0.1) is 5.41 Å². The number of hydrogen-bond donors (Lipinski definition) is 3. The van der Waals surface area contributed by atoms with Crippen LogP contribution in [0.1, 0.15) is 70.1 Å². The number of benzene rings is 1. The van der Waals surface area contributed by atoms with E-state index in [2.05, 4.69) is 44.3 Å². The van der Waals surface area contributed by atoms with Gasteiger partial charge in [0.1, 0.15) is 5.54 Å². The monoisotopic (exact) mass is 413 g/mol. The third-order valence-electron chi connectivity index (χ3n) is 4.94. The Morgan fingerprint density at radius 1 is 1.07 bits per heavy atom. The summed E-state index contributed by atoms with van der Waals surface area (Å²) in [4.78, 5) is 11.7. The van der Waals surface area contributed by atoms with Crippen LogP contribution < -0.4 is 5.32 Å². The van der Waals surface area contributed by atoms with Crippen molar-refractivity contribution in [2.75, 3.05) is 6.26 Å². The molecule has 0 bridgehead atoms. The highest BCUT2D eigenvalue weighted by atomic mass is 32.2. The molecule has 3 N–H and O–H groups in total. The lowest BCUT2D eigenvalue weighted by Gasteiger charge is -2.30. The SMILES string of the molecule is CC(C)(C)CC[C@](C)(NCc1ccc2c(c1)CCCC2)C(=O)O.CS(=O)(=O)O. The van der Waals surface area contributed by atoms with Crippen LogP contribution in [0.3, 0.4) is 0 Å². The van der Waals surface area contributed by atoms with Gasteiger partial charge in [0.25, 0.3) is 10.1 Å². The topological polar surface area (TPSA) is 104 Å². The molecular formula is C21H35NO5S. The van der Waals surface area contributed by atoms with Crippen molar-refractivity contribution < 1.29 is 22.9 Å². The van der Waals surface area contributed by atoms with Gasteiger partial charge in [0.15, 0.2) is 0 Å². The van der Waals surface area contributed by atoms with E-state index in [9.17, 15) is 18.3 Å². The quantitative estimate of drug-likeness (QED) is 0.612. The normalized spacial score (nSPS) is 16.4. The molecule has 0 spiro atoms. The van der Waals surface area contributed by atoms with Gasteiger partial charge in [-0.25, -0.2) is 0 Å². The molecular weight excluding hydrogens is 378 g/mol. The second-order valence-electron chi connectivity index (χ2n) is 9.09. The van der Waals surface area contributed by atoms with Gasteiger partial charge in [-0.2, -0.15) is 8.42 Å². The summed E-state index contributed by atoms with van der Waals surface area (Å²) in [5.74, 6) is -0.764. The fourth-order valence-electron chi connectivity index (χ4n) is 3.09. The summed E-state index contributed by atoms with van der Waals surface area (Å²) in [6, 6.07) is 6.62. The van der Waals surface area contributed by atoms with Crippen molar-refractivity contribution in [1.82, 2.24) is 5.32 Å². The maximum absolute atomic E-state index is 11.7. The van der Waals surface area contributed by atoms with E-state index < -0.39 is 21.6 Å². The fraction of sp³-hybridized carbons (Fsp3) is 0.667. The fourth-order valence-corrected chi connectivity index (χ4v) is 3.09. The van der Waals surface area contributed by atoms with Crippen molar-refractivity contribution >= 4 is 16.1 Å². The van der Waals surface area contributed by atoms with E-state index in [1.54, 1.807) is 6.92 Å². The van der Waals surface area contributed by atoms with Gasteiger partial charge < -0.3 is 5.11 Å². The van der Waals surface area contributed by atoms with Gasteiger partial charge in [0.2, 0.25) is 0 Å². The largest absolute Gasteiger partial charge is 0.480 e. The summed E-state index contributed by atoms with van der Waals surface area (Å²) < 4.78 is 25.9. The zero-order chi connectivity index (χ0) is 21.6. The molecule has 0 heterocycles. The summed E-state index contributed by atoms with van der Waals surface area (Å²) in [5.41, 5.74) is 3.37. The number of carbonyl (C=O) groups is 1. The average Bonchev–Trinajstić information content (AvgIpc) is 2.56. The predicted octanol–water partition coefficient (Wildman–Crippen LogP) is 3.83. The van der Waals surface area contributed by atoms with Gasteiger partial charge in [0, 0.05) is 6.54 Å². The molecule has 1 aliphatic rings. The first-order chi connectivity index (χ1) is 12.7. The van der Waals surface area contributed by atoms with E-state index in [0.29, 0.717) is 19.2 Å². The van der Waals surface area contributed by atoms with Crippen molar-refractivity contribution in [1.29, 1.82) is 0 Å². The number of rotatable bonds is 6. The summed E-state index contributed by atoms with van der Waals surface area (Å²) >= 11 is 0. The van der Waals surface area contributed by atoms with E-state index in [4.69, 9.17) is 4.55 Å². The molecule has 0 amide bonds. The molecule has 0 aliphatic heterocycles. The van der Waals surface area contributed by atoms with Gasteiger partial charge in [-0.1, -0.05) is 39.0 Å². The molecule has 160 valence electrons. The summed E-state index contributed by atoms with van der Waals surface area (Å²) in [6.07, 6.45) is 7.12. The van der Waals surface area contributed by atoms with Gasteiger partial charge in [0.05, 0.1) is 6.26 Å². The van der Waals surface area contributed by atoms with Crippen LogP contribution in [0.25, 0.3) is 0 Å². The zero-order valence-corrected chi connectivity index (χ0v) is 18.5. The van der Waals surface area contributed by atoms with Crippen molar-refractivity contribution in [3.8, 4) is 0 Å². The molecule has 0 unspecified atom stereocenters. The molecule has 1 aromatic rings. The van der Waals surface area contributed by atoms with Gasteiger partial charge in [-0.05, 0) is 67.6 Å². The van der Waals surface area contributed by atoms with Crippen LogP contribution in [-0.4, -0.2) is 35.8 Å². The Hall–Kier alpha value is -1.44. The second kappa shape index (κ2) is 9.85. The van der Waals surface area contributed by atoms with Crippen molar-refractivity contribution in [3.05, 3.63) is 34.9 Å². The van der Waals surface area contributed by atoms with Crippen LogP contribution in [0.15, 0.2) is 18.2 Å². The molecule has 0 radical (unpaired) electrons. The molecule has 1 aromatic carbocycles. The first kappa shape index (κ1) is 24.6. The standard InChI is InChI=1S/C20H31NO2.CH4O3S/c1-19(2,3)11-12-20(4,18(22)23)21-14-15-9-10-16-7-5-6-8-17(16)13-15;1-5(2,3)4/h9-10,13,21H,5-8,11-12,14H2,1-4H3,(H,22,23);1H3,(H,2,3,4)/t20-;/m0./s1. The summed E-state index contributed by atoms with van der Waals surface area (Å²) in [7, 11) is -3.67. The molecule has 0 saturated carbocycles. The smallest absolute Gasteiger partial charge is 0.323 e. The van der Waals surface area contributed by atoms with Gasteiger partial charge in [-0.15, -0.1) is 0 Å². The number of aliphatic carboxylic acids is 1. The highest BCUT2D eigenvalue weighted by Gasteiger charge is 2.33. The second-order valence-corrected chi connectivity index (χ2v) is 10.6. The van der Waals surface area contributed by atoms with Crippen molar-refractivity contribution in [2.24, 2.45) is 5.41 Å². The van der Waals surface area contributed by atoms with E-state index in [0.717, 1.165) is 12.8 Å². The maximum atomic E-state index is 11.7. The lowest BCUT2D eigenvalue weighted by atomic mass is 9.83. The Morgan fingerprint density at radius 3 is 2.11 bits per heavy atom. The van der Waals surface area contributed by atoms with Gasteiger partial charge >= 0.3 is 5.97 Å². The van der Waals surface area contributed by atoms with Crippen LogP contribution in [0.2, 0.25) is 0 Å². The van der Waals surface area contributed by atoms with Crippen molar-refractivity contribution in [2.45, 2.75) is 78.3 Å². The minimum atomic E-state index is -3.67. The Morgan fingerprint density at radius 2 is 1.61 bits per heavy atom. The number of aryl methyl sites for hydroxylation is 2. The number of fused-ring (bicyclic) bond motifs is 1. The van der Waals surface area contributed by atoms with Crippen LogP contribution in [-0.2, 0) is 34.3 Å². The zero-order valence-electron chi connectivity index (χ0n) is 17.7. The Kier molecular flexibility index (Phi) is 8.65. The molecule has 2 rings (SSSR count). The van der Waals surface area contributed by atoms with E-state index in [-0.39, 0.29) is 5.41 Å². The van der Waals surface area contributed by atoms with Gasteiger partial charge in [-0.3, -0.25) is 14.7 Å². The van der Waals surface area contributed by atoms with Crippen LogP contribution in [0.4, 0.5) is 0 Å². The highest BCUT2D eigenvalue weighted by Crippen LogP contribution is 2.27. The molecule has 7 heteroatoms. The average molecular weight is 414 g/mol. The number of carboxylic acids is 1. The number of carboxylic acid groups (broad SMARTS) is 1. The predicted molar refractivity (Wildman–Crippen MR) is 112 cm³/mol. The highest BCUT2D eigenvalue weighted by molar-refractivity contribution is 7.85. The Bertz CT molecular complexity index is 759. The summed E-state index contributed by atoms with van der Waals surface area (Å²) in [6.45, 7) is 8.87. The number of hydrogen-bond acceptors (Lipinski definition) is 4. The lowest BCUT2D eigenvalue weighted by Crippen LogP contribution is -2.49. The first-order valence-electron chi connectivity index (χ1n) is 9.71. The van der Waals surface area contributed by atoms with Crippen LogP contribution in [0.5, 0.6) is 0 Å². The van der Waals surface area contributed by atoms with E-state index >= 15 is 0 Å². The molecule has 6 nitrogen and oxygen atoms in total. The molecule has 0 saturated heterocycles. The van der Waals surface area contributed by atoms with E-state index in [1.807, 2.05) is 0 Å². The summed E-state index contributed by atoms with van der Waals surface area (Å²) in [5, 5.41) is 12.9. The third kappa shape index (κ3) is 9.66. The minimum absolute atomic E-state index is 0.143. The molecule has 0 aromatic heterocycles. The molecule has 1 aliphatic carbocycles. The van der Waals surface area contributed by atoms with E-state index in [1.165, 1.54) is 36.0 Å².